The number of benzene rings is 3. The van der Waals surface area contributed by atoms with Gasteiger partial charge in [0.15, 0.2) is 22.8 Å². The minimum atomic E-state index is -5.65. The number of aromatic nitrogens is 4. The van der Waals surface area contributed by atoms with E-state index in [1.165, 1.54) is 39.0 Å². The molecule has 2 saturated heterocycles. The number of hydrogen-bond acceptors (Lipinski definition) is 22. The number of carbonyl (C=O) groups excluding carboxylic acids is 6. The van der Waals surface area contributed by atoms with Crippen LogP contribution in [0.3, 0.4) is 0 Å². The van der Waals surface area contributed by atoms with Crippen molar-refractivity contribution in [3.05, 3.63) is 108 Å². The van der Waals surface area contributed by atoms with Gasteiger partial charge >= 0.3 is 29.4 Å². The fourth-order valence-corrected chi connectivity index (χ4v) is 13.1. The third kappa shape index (κ3) is 20.0. The second kappa shape index (κ2) is 30.9. The normalized spacial score (nSPS) is 20.0. The average Bonchev–Trinajstić information content (AvgIpc) is 1.74. The Kier molecular flexibility index (Phi) is 24.3. The van der Waals surface area contributed by atoms with Gasteiger partial charge in [-0.3, -0.25) is 46.9 Å². The molecule has 2 fully saturated rings. The van der Waals surface area contributed by atoms with Crippen LogP contribution in [-0.2, 0) is 84.5 Å². The first-order valence-corrected chi connectivity index (χ1v) is 33.3. The molecule has 9 unspecified atom stereocenters. The molecule has 13 N–H and O–H groups in total. The number of nitrogens with two attached hydrogens (primary N) is 1. The first-order chi connectivity index (χ1) is 42.4. The van der Waals surface area contributed by atoms with E-state index < -0.39 is 120 Å². The van der Waals surface area contributed by atoms with E-state index in [0.29, 0.717) is 31.5 Å². The Bertz CT molecular complexity index is 3560. The number of carboxylic acids is 1. The summed E-state index contributed by atoms with van der Waals surface area (Å²) >= 11 is 0.805. The number of carbonyl (C=O) groups is 7. The molecule has 0 spiro atoms. The van der Waals surface area contributed by atoms with Gasteiger partial charge < -0.3 is 71.5 Å². The highest BCUT2D eigenvalue weighted by molar-refractivity contribution is 8.13. The SMILES string of the molecule is CC(=O)NC(Cc1ccc(CC(=O)SCCNC(=O)CCNC(=O)C(O)C(C)(C)COP(=O)(O)OP(=O)(O)OCC2OC(n3cnc4c(N)ncnc43)C(O)C2OP(=O)(O)O)c(C(=O)O)c1)C(=O)NC1CCCCN(Cc2ccc(-c3ccccc3)cc2)C1=O. The van der Waals surface area contributed by atoms with Crippen LogP contribution in [0.5, 0.6) is 0 Å². The number of nitrogens with zero attached hydrogens (tertiary/aromatic N) is 5. The molecule has 2 aliphatic heterocycles. The van der Waals surface area contributed by atoms with Crippen molar-refractivity contribution in [3.63, 3.8) is 0 Å². The number of thioether (sulfide) groups is 1. The Morgan fingerprint density at radius 1 is 0.878 bits per heavy atom. The lowest BCUT2D eigenvalue weighted by Crippen LogP contribution is -2.54. The molecule has 3 aromatic carbocycles. The summed E-state index contributed by atoms with van der Waals surface area (Å²) in [6.45, 7) is 1.97. The quantitative estimate of drug-likeness (QED) is 0.0231. The third-order valence-corrected chi connectivity index (χ3v) is 18.1. The number of phosphoric acid groups is 3. The molecular formula is C54H69N10O22P3S. The molecule has 7 rings (SSSR count). The summed E-state index contributed by atoms with van der Waals surface area (Å²) in [6.07, 6.45) is -6.08. The number of likely N-dealkylation sites (tertiary alicyclic amines) is 1. The van der Waals surface area contributed by atoms with Crippen molar-refractivity contribution in [1.29, 1.82) is 0 Å². The van der Waals surface area contributed by atoms with Crippen LogP contribution in [0.4, 0.5) is 5.82 Å². The average molecular weight is 1340 g/mol. The van der Waals surface area contributed by atoms with E-state index in [2.05, 4.69) is 45.1 Å². The van der Waals surface area contributed by atoms with Crippen LogP contribution in [0.2, 0.25) is 0 Å². The molecule has 32 nitrogen and oxygen atoms in total. The van der Waals surface area contributed by atoms with Crippen LogP contribution >= 0.6 is 35.2 Å². The number of amides is 5. The van der Waals surface area contributed by atoms with Gasteiger partial charge in [0.2, 0.25) is 29.5 Å². The predicted octanol–water partition coefficient (Wildman–Crippen LogP) is 2.02. The Balaban J connectivity index is 0.811. The van der Waals surface area contributed by atoms with Gasteiger partial charge in [-0.25, -0.2) is 33.4 Å². The van der Waals surface area contributed by atoms with Crippen LogP contribution in [0, 0.1) is 5.41 Å². The van der Waals surface area contributed by atoms with Gasteiger partial charge in [0.25, 0.3) is 0 Å². The van der Waals surface area contributed by atoms with Crippen molar-refractivity contribution in [2.75, 3.05) is 44.3 Å². The molecule has 5 amide bonds. The second-order valence-corrected chi connectivity index (χ2v) is 27.0. The van der Waals surface area contributed by atoms with Gasteiger partial charge in [0.1, 0.15) is 48.3 Å². The highest BCUT2D eigenvalue weighted by atomic mass is 32.2. The van der Waals surface area contributed by atoms with Crippen molar-refractivity contribution in [3.8, 4) is 11.1 Å². The van der Waals surface area contributed by atoms with Gasteiger partial charge in [0.05, 0.1) is 25.1 Å². The van der Waals surface area contributed by atoms with E-state index >= 15 is 0 Å². The fourth-order valence-electron chi connectivity index (χ4n) is 9.62. The highest BCUT2D eigenvalue weighted by Gasteiger charge is 2.50. The Labute approximate surface area is 518 Å². The van der Waals surface area contributed by atoms with Crippen LogP contribution < -0.4 is 27.0 Å². The van der Waals surface area contributed by atoms with Crippen LogP contribution in [0.25, 0.3) is 22.3 Å². The number of carboxylic acid groups (broad SMARTS) is 1. The molecule has 5 aromatic rings. The predicted molar refractivity (Wildman–Crippen MR) is 319 cm³/mol. The molecule has 0 aliphatic carbocycles. The first-order valence-electron chi connectivity index (χ1n) is 27.8. The lowest BCUT2D eigenvalue weighted by Gasteiger charge is -2.30. The molecular weight excluding hydrogens is 1270 g/mol. The van der Waals surface area contributed by atoms with E-state index in [-0.39, 0.29) is 72.1 Å². The molecule has 2 aromatic heterocycles. The number of hydrogen-bond donors (Lipinski definition) is 12. The summed E-state index contributed by atoms with van der Waals surface area (Å²) in [5.41, 5.74) is 7.43. The molecule has 488 valence electrons. The second-order valence-electron chi connectivity index (χ2n) is 21.6. The summed E-state index contributed by atoms with van der Waals surface area (Å²) in [5.74, 6) is -4.45. The zero-order valence-electron chi connectivity index (χ0n) is 48.6. The zero-order valence-corrected chi connectivity index (χ0v) is 52.1. The number of fused-ring (bicyclic) bond motifs is 1. The van der Waals surface area contributed by atoms with E-state index in [1.54, 1.807) is 4.90 Å². The number of aliphatic hydroxyl groups excluding tert-OH is 2. The number of aromatic carboxylic acids is 1. The number of nitrogen functional groups attached to an aromatic ring is 1. The molecule has 2 aliphatic rings. The lowest BCUT2D eigenvalue weighted by molar-refractivity contribution is -0.137. The lowest BCUT2D eigenvalue weighted by atomic mass is 9.87. The molecule has 9 atom stereocenters. The number of rotatable bonds is 30. The van der Waals surface area contributed by atoms with Gasteiger partial charge in [-0.15, -0.1) is 0 Å². The Morgan fingerprint density at radius 2 is 1.57 bits per heavy atom. The van der Waals surface area contributed by atoms with Gasteiger partial charge in [-0.1, -0.05) is 92.3 Å². The molecule has 0 saturated carbocycles. The third-order valence-electron chi connectivity index (χ3n) is 14.2. The van der Waals surface area contributed by atoms with E-state index in [0.717, 1.165) is 52.1 Å². The zero-order chi connectivity index (χ0) is 65.7. The summed E-state index contributed by atoms with van der Waals surface area (Å²) in [5, 5.41) is 41.7. The molecule has 4 heterocycles. The smallest absolute Gasteiger partial charge is 0.478 e. The highest BCUT2D eigenvalue weighted by Crippen LogP contribution is 2.61. The number of aliphatic hydroxyl groups is 2. The maximum atomic E-state index is 13.8. The number of phosphoric ester groups is 3. The fraction of sp³-hybridized carbons (Fsp3) is 0.444. The topological polar surface area (TPSA) is 479 Å². The number of anilines is 1. The van der Waals surface area contributed by atoms with Crippen LogP contribution in [-0.4, -0.2) is 175 Å². The Morgan fingerprint density at radius 3 is 2.26 bits per heavy atom. The number of imidazole rings is 1. The maximum Gasteiger partial charge on any atom is 0.481 e. The van der Waals surface area contributed by atoms with Crippen molar-refractivity contribution >= 4 is 92.8 Å². The summed E-state index contributed by atoms with van der Waals surface area (Å²) in [6, 6.07) is 20.0. The number of nitrogens with one attached hydrogen (secondary N) is 4. The van der Waals surface area contributed by atoms with Crippen LogP contribution in [0.1, 0.15) is 79.7 Å². The standard InChI is InChI=1S/C54H69N10O22P3S/c1-31(65)61-39(49(70)62-38-11-7-8-21-63(51(38)72)26-32-12-15-35(16-13-32)34-9-5-4-6-10-34)24-33-14-17-36(37(23-33)53(73)74)25-42(67)90-22-20-56-41(66)18-19-57-50(71)46(69)54(2,3)28-83-89(80,81)86-88(78,79)82-27-40-45(85-87(75,76)77)44(68)52(84-40)64-30-60-43-47(55)58-29-59-48(43)64/h4-6,9-10,12-17,23,29-30,38-40,44-46,52,68-69H,7-8,11,18-22,24-28H2,1-3H3,(H,56,66)(H,57,71)(H,61,65)(H,62,70)(H,73,74)(H,78,79)(H,80,81)(H2,55,58,59)(H2,75,76,77). The van der Waals surface area contributed by atoms with Crippen molar-refractivity contribution in [2.45, 2.75) is 109 Å². The van der Waals surface area contributed by atoms with Gasteiger partial charge in [0, 0.05) is 63.5 Å². The maximum absolute atomic E-state index is 13.8. The van der Waals surface area contributed by atoms with Crippen molar-refractivity contribution in [2.24, 2.45) is 5.41 Å². The molecule has 0 radical (unpaired) electrons. The van der Waals surface area contributed by atoms with Gasteiger partial charge in [-0.05, 0) is 53.1 Å². The summed E-state index contributed by atoms with van der Waals surface area (Å²) in [4.78, 5) is 144. The number of ether oxygens (including phenoxy) is 1. The van der Waals surface area contributed by atoms with Crippen molar-refractivity contribution in [1.82, 2.24) is 45.7 Å². The van der Waals surface area contributed by atoms with E-state index in [4.69, 9.17) is 19.5 Å². The van der Waals surface area contributed by atoms with Crippen LogP contribution in [0.15, 0.2) is 85.5 Å². The first kappa shape index (κ1) is 70.6. The molecule has 90 heavy (non-hydrogen) atoms. The Hall–Kier alpha value is -6.90. The summed E-state index contributed by atoms with van der Waals surface area (Å²) in [7, 11) is -16.6. The van der Waals surface area contributed by atoms with E-state index in [1.807, 2.05) is 54.6 Å². The van der Waals surface area contributed by atoms with Gasteiger partial charge in [-0.2, -0.15) is 4.31 Å². The minimum absolute atomic E-state index is 0.00296. The monoisotopic (exact) mass is 1330 g/mol. The minimum Gasteiger partial charge on any atom is -0.478 e. The van der Waals surface area contributed by atoms with E-state index in [9.17, 15) is 82.2 Å². The summed E-state index contributed by atoms with van der Waals surface area (Å²) < 4.78 is 62.7. The largest absolute Gasteiger partial charge is 0.481 e. The van der Waals surface area contributed by atoms with Crippen molar-refractivity contribution < 1.29 is 105 Å². The molecule has 0 bridgehead atoms. The molecule has 36 heteroatoms.